The van der Waals surface area contributed by atoms with Crippen molar-refractivity contribution in [1.82, 2.24) is 0 Å². The van der Waals surface area contributed by atoms with Crippen LogP contribution in [0.25, 0.3) is 0 Å². The Morgan fingerprint density at radius 3 is 2.63 bits per heavy atom. The van der Waals surface area contributed by atoms with Gasteiger partial charge in [0.1, 0.15) is 18.1 Å². The molecule has 0 spiro atoms. The fourth-order valence-electron chi connectivity index (χ4n) is 3.96. The Bertz CT molecular complexity index is 921. The first-order chi connectivity index (χ1) is 14.7. The van der Waals surface area contributed by atoms with E-state index in [0.29, 0.717) is 30.9 Å². The molecule has 1 aliphatic heterocycles. The second-order valence-electron chi connectivity index (χ2n) is 7.48. The van der Waals surface area contributed by atoms with Gasteiger partial charge in [0.2, 0.25) is 11.5 Å². The van der Waals surface area contributed by atoms with Crippen molar-refractivity contribution in [1.29, 1.82) is 0 Å². The van der Waals surface area contributed by atoms with Crippen LogP contribution in [0, 0.1) is 5.92 Å². The molecule has 1 fully saturated rings. The molecule has 158 valence electrons. The number of ether oxygens (including phenoxy) is 5. The molecule has 0 radical (unpaired) electrons. The lowest BCUT2D eigenvalue weighted by molar-refractivity contribution is -0.134. The van der Waals surface area contributed by atoms with Crippen molar-refractivity contribution in [3.63, 3.8) is 0 Å². The van der Waals surface area contributed by atoms with E-state index < -0.39 is 0 Å². The van der Waals surface area contributed by atoms with Gasteiger partial charge in [-0.1, -0.05) is 24.3 Å². The van der Waals surface area contributed by atoms with Gasteiger partial charge in [0.05, 0.1) is 32.8 Å². The number of carbonyl (C=O) groups excluding carboxylic acids is 1. The normalized spacial score (nSPS) is 23.1. The van der Waals surface area contributed by atoms with Crippen LogP contribution in [0.1, 0.15) is 24.8 Å². The molecule has 1 aliphatic carbocycles. The SMILES string of the molecule is COc1cccc(COC2CCC3C(=O)C(Oc4ccccc4OC)=COC3C2)c1. The van der Waals surface area contributed by atoms with Crippen LogP contribution >= 0.6 is 0 Å². The van der Waals surface area contributed by atoms with Crippen LogP contribution in [-0.2, 0) is 20.9 Å². The third-order valence-corrected chi connectivity index (χ3v) is 5.58. The second-order valence-corrected chi connectivity index (χ2v) is 7.48. The molecule has 1 saturated carbocycles. The maximum atomic E-state index is 13.0. The Morgan fingerprint density at radius 1 is 1.00 bits per heavy atom. The van der Waals surface area contributed by atoms with Crippen molar-refractivity contribution < 1.29 is 28.5 Å². The van der Waals surface area contributed by atoms with E-state index in [1.165, 1.54) is 6.26 Å². The average Bonchev–Trinajstić information content (AvgIpc) is 2.80. The van der Waals surface area contributed by atoms with Crippen LogP contribution in [0.3, 0.4) is 0 Å². The quantitative estimate of drug-likeness (QED) is 0.679. The average molecular weight is 410 g/mol. The monoisotopic (exact) mass is 410 g/mol. The van der Waals surface area contributed by atoms with Gasteiger partial charge in [-0.15, -0.1) is 0 Å². The van der Waals surface area contributed by atoms with Crippen molar-refractivity contribution in [2.75, 3.05) is 14.2 Å². The van der Waals surface area contributed by atoms with Crippen LogP contribution in [0.2, 0.25) is 0 Å². The molecule has 2 aromatic rings. The predicted molar refractivity (Wildman–Crippen MR) is 110 cm³/mol. The van der Waals surface area contributed by atoms with Gasteiger partial charge >= 0.3 is 0 Å². The third kappa shape index (κ3) is 4.44. The summed E-state index contributed by atoms with van der Waals surface area (Å²) < 4.78 is 28.3. The first kappa shape index (κ1) is 20.3. The van der Waals surface area contributed by atoms with E-state index in [-0.39, 0.29) is 29.7 Å². The van der Waals surface area contributed by atoms with Crippen molar-refractivity contribution >= 4 is 5.78 Å². The number of Topliss-reactive ketones (excluding diaryl/α,β-unsaturated/α-hetero) is 1. The van der Waals surface area contributed by atoms with E-state index in [9.17, 15) is 4.79 Å². The van der Waals surface area contributed by atoms with Gasteiger partial charge in [-0.25, -0.2) is 0 Å². The maximum absolute atomic E-state index is 13.0. The van der Waals surface area contributed by atoms with Crippen molar-refractivity contribution in [2.24, 2.45) is 5.92 Å². The minimum atomic E-state index is -0.212. The number of allylic oxidation sites excluding steroid dienone is 1. The van der Waals surface area contributed by atoms with E-state index >= 15 is 0 Å². The molecule has 0 saturated heterocycles. The lowest BCUT2D eigenvalue weighted by Crippen LogP contribution is -2.42. The predicted octanol–water partition coefficient (Wildman–Crippen LogP) is 4.28. The van der Waals surface area contributed by atoms with Crippen LogP contribution in [0.15, 0.2) is 60.6 Å². The molecular formula is C24H26O6. The molecule has 2 aromatic carbocycles. The summed E-state index contributed by atoms with van der Waals surface area (Å²) in [6.07, 6.45) is 3.49. The summed E-state index contributed by atoms with van der Waals surface area (Å²) in [6.45, 7) is 0.505. The first-order valence-electron chi connectivity index (χ1n) is 10.1. The number of rotatable bonds is 7. The molecule has 1 heterocycles. The van der Waals surface area contributed by atoms with E-state index in [1.54, 1.807) is 26.4 Å². The lowest BCUT2D eigenvalue weighted by atomic mass is 9.80. The van der Waals surface area contributed by atoms with Crippen LogP contribution in [0.5, 0.6) is 17.2 Å². The topological polar surface area (TPSA) is 63.2 Å². The number of hydrogen-bond acceptors (Lipinski definition) is 6. The summed E-state index contributed by atoms with van der Waals surface area (Å²) in [5, 5.41) is 0. The van der Waals surface area contributed by atoms with Crippen LogP contribution < -0.4 is 14.2 Å². The van der Waals surface area contributed by atoms with Crippen molar-refractivity contribution in [3.8, 4) is 17.2 Å². The summed E-state index contributed by atoms with van der Waals surface area (Å²) in [4.78, 5) is 13.0. The summed E-state index contributed by atoms with van der Waals surface area (Å²) in [5.74, 6) is 1.87. The zero-order valence-corrected chi connectivity index (χ0v) is 17.2. The van der Waals surface area contributed by atoms with Gasteiger partial charge in [0, 0.05) is 6.42 Å². The Labute approximate surface area is 176 Å². The maximum Gasteiger partial charge on any atom is 0.208 e. The minimum Gasteiger partial charge on any atom is -0.497 e. The zero-order valence-electron chi connectivity index (χ0n) is 17.2. The van der Waals surface area contributed by atoms with Crippen LogP contribution in [-0.4, -0.2) is 32.2 Å². The van der Waals surface area contributed by atoms with Gasteiger partial charge in [-0.3, -0.25) is 4.79 Å². The van der Waals surface area contributed by atoms with E-state index in [0.717, 1.165) is 17.7 Å². The highest BCUT2D eigenvalue weighted by atomic mass is 16.5. The molecular weight excluding hydrogens is 384 g/mol. The zero-order chi connectivity index (χ0) is 20.9. The molecule has 2 aliphatic rings. The highest BCUT2D eigenvalue weighted by molar-refractivity contribution is 5.96. The van der Waals surface area contributed by atoms with Gasteiger partial charge in [0.15, 0.2) is 11.5 Å². The molecule has 0 amide bonds. The number of benzene rings is 2. The smallest absolute Gasteiger partial charge is 0.208 e. The number of para-hydroxylation sites is 2. The van der Waals surface area contributed by atoms with Gasteiger partial charge < -0.3 is 23.7 Å². The standard InChI is InChI=1S/C24H26O6/c1-26-17-7-5-6-16(12-17)14-28-18-10-11-19-22(13-18)29-15-23(24(19)25)30-21-9-4-3-8-20(21)27-2/h3-9,12,15,18-19,22H,10-11,13-14H2,1-2H3. The second kappa shape index (κ2) is 9.22. The summed E-state index contributed by atoms with van der Waals surface area (Å²) in [5.41, 5.74) is 1.06. The van der Waals surface area contributed by atoms with Gasteiger partial charge in [-0.2, -0.15) is 0 Å². The molecule has 0 aromatic heterocycles. The van der Waals surface area contributed by atoms with E-state index in [4.69, 9.17) is 23.7 Å². The minimum absolute atomic E-state index is 0.0246. The molecule has 30 heavy (non-hydrogen) atoms. The lowest BCUT2D eigenvalue weighted by Gasteiger charge is -2.37. The molecule has 0 bridgehead atoms. The number of ketones is 1. The summed E-state index contributed by atoms with van der Waals surface area (Å²) >= 11 is 0. The summed E-state index contributed by atoms with van der Waals surface area (Å²) in [7, 11) is 3.22. The molecule has 6 heteroatoms. The van der Waals surface area contributed by atoms with Crippen LogP contribution in [0.4, 0.5) is 0 Å². The molecule has 0 N–H and O–H groups in total. The highest BCUT2D eigenvalue weighted by Crippen LogP contribution is 2.36. The highest BCUT2D eigenvalue weighted by Gasteiger charge is 2.41. The number of hydrogen-bond donors (Lipinski definition) is 0. The Morgan fingerprint density at radius 2 is 1.83 bits per heavy atom. The van der Waals surface area contributed by atoms with Crippen molar-refractivity contribution in [3.05, 3.63) is 66.1 Å². The van der Waals surface area contributed by atoms with E-state index in [2.05, 4.69) is 0 Å². The fraction of sp³-hybridized carbons (Fsp3) is 0.375. The Hall–Kier alpha value is -2.99. The largest absolute Gasteiger partial charge is 0.497 e. The molecule has 3 atom stereocenters. The first-order valence-corrected chi connectivity index (χ1v) is 10.1. The third-order valence-electron chi connectivity index (χ3n) is 5.58. The fourth-order valence-corrected chi connectivity index (χ4v) is 3.96. The number of carbonyl (C=O) groups is 1. The molecule has 3 unspecified atom stereocenters. The number of methoxy groups -OCH3 is 2. The number of fused-ring (bicyclic) bond motifs is 1. The van der Waals surface area contributed by atoms with Gasteiger partial charge in [-0.05, 0) is 42.7 Å². The summed E-state index contributed by atoms with van der Waals surface area (Å²) in [6, 6.07) is 15.1. The Balaban J connectivity index is 1.36. The Kier molecular flexibility index (Phi) is 6.23. The van der Waals surface area contributed by atoms with Gasteiger partial charge in [0.25, 0.3) is 0 Å². The molecule has 4 rings (SSSR count). The van der Waals surface area contributed by atoms with E-state index in [1.807, 2.05) is 36.4 Å². The molecule has 6 nitrogen and oxygen atoms in total. The van der Waals surface area contributed by atoms with Crippen molar-refractivity contribution in [2.45, 2.75) is 38.1 Å².